The second-order valence-electron chi connectivity index (χ2n) is 7.49. The maximum Gasteiger partial charge on any atom is 0.260 e. The number of carbonyl (C=O) groups is 1. The molecule has 0 spiro atoms. The van der Waals surface area contributed by atoms with Crippen molar-refractivity contribution in [3.8, 4) is 11.5 Å². The molecule has 0 radical (unpaired) electrons. The van der Waals surface area contributed by atoms with Crippen LogP contribution in [0.15, 0.2) is 36.4 Å². The zero-order chi connectivity index (χ0) is 21.1. The van der Waals surface area contributed by atoms with E-state index in [-0.39, 0.29) is 5.91 Å². The van der Waals surface area contributed by atoms with E-state index in [1.807, 2.05) is 23.1 Å². The van der Waals surface area contributed by atoms with E-state index in [0.29, 0.717) is 36.8 Å². The predicted octanol–water partition coefficient (Wildman–Crippen LogP) is 2.95. The smallest absolute Gasteiger partial charge is 0.260 e. The number of aryl methyl sites for hydroxylation is 1. The number of aromatic nitrogens is 1. The molecule has 30 heavy (non-hydrogen) atoms. The van der Waals surface area contributed by atoms with Gasteiger partial charge >= 0.3 is 0 Å². The van der Waals surface area contributed by atoms with Crippen LogP contribution in [0.2, 0.25) is 0 Å². The summed E-state index contributed by atoms with van der Waals surface area (Å²) < 4.78 is 12.4. The Bertz CT molecular complexity index is 1050. The summed E-state index contributed by atoms with van der Waals surface area (Å²) in [4.78, 5) is 21.6. The van der Waals surface area contributed by atoms with Gasteiger partial charge in [-0.25, -0.2) is 4.98 Å². The van der Waals surface area contributed by atoms with Gasteiger partial charge in [0.05, 0.1) is 36.4 Å². The molecular weight excluding hydrogens is 398 g/mol. The Kier molecular flexibility index (Phi) is 6.20. The van der Waals surface area contributed by atoms with Gasteiger partial charge in [-0.15, -0.1) is 0 Å². The molecule has 1 amide bonds. The number of nitrogens with zero attached hydrogens (tertiary/aromatic N) is 2. The van der Waals surface area contributed by atoms with E-state index < -0.39 is 0 Å². The molecule has 1 aliphatic rings. The summed E-state index contributed by atoms with van der Waals surface area (Å²) in [5.41, 5.74) is 2.70. The fraction of sp³-hybridized carbons (Fsp3) is 0.391. The maximum atomic E-state index is 13.6. The van der Waals surface area contributed by atoms with E-state index in [4.69, 9.17) is 14.5 Å². The molecule has 0 bridgehead atoms. The first-order valence-corrected chi connectivity index (χ1v) is 11.3. The van der Waals surface area contributed by atoms with E-state index in [2.05, 4.69) is 32.9 Å². The van der Waals surface area contributed by atoms with Crippen molar-refractivity contribution in [3.05, 3.63) is 47.5 Å². The Morgan fingerprint density at radius 3 is 2.63 bits per heavy atom. The van der Waals surface area contributed by atoms with Crippen molar-refractivity contribution < 1.29 is 19.2 Å². The topological polar surface area (TPSA) is 56.1 Å². The van der Waals surface area contributed by atoms with Gasteiger partial charge in [-0.2, -0.15) is 0 Å². The second kappa shape index (κ2) is 9.02. The third-order valence-corrected chi connectivity index (χ3v) is 6.53. The largest absolute Gasteiger partial charge is 0.486 e. The zero-order valence-electron chi connectivity index (χ0n) is 17.7. The molecule has 2 heterocycles. The Balaban J connectivity index is 1.67. The van der Waals surface area contributed by atoms with Crippen LogP contribution in [-0.4, -0.2) is 50.3 Å². The molecule has 0 atom stereocenters. The number of likely N-dealkylation sites (N-methyl/N-ethyl adjacent to an activating group) is 1. The molecule has 2 aromatic carbocycles. The standard InChI is InChI=1S/C23H27N3O3S/c1-4-25(5-2)10-11-26(23-24-18-8-6-16(3)14-21(18)30-23)22(27)17-7-9-19-20(15-17)29-13-12-28-19/h6-9,14-15H,4-5,10-13H2,1-3H3/p+1. The molecule has 1 aromatic heterocycles. The molecule has 6 nitrogen and oxygen atoms in total. The molecular formula is C23H28N3O3S+. The minimum Gasteiger partial charge on any atom is -0.486 e. The number of benzene rings is 2. The van der Waals surface area contributed by atoms with Crippen LogP contribution >= 0.6 is 11.3 Å². The number of nitrogens with one attached hydrogen (secondary N) is 1. The minimum atomic E-state index is -0.0608. The highest BCUT2D eigenvalue weighted by atomic mass is 32.1. The summed E-state index contributed by atoms with van der Waals surface area (Å²) in [5.74, 6) is 1.25. The Morgan fingerprint density at radius 1 is 1.10 bits per heavy atom. The number of fused-ring (bicyclic) bond motifs is 2. The van der Waals surface area contributed by atoms with Crippen molar-refractivity contribution in [1.82, 2.24) is 4.98 Å². The highest BCUT2D eigenvalue weighted by molar-refractivity contribution is 7.22. The zero-order valence-corrected chi connectivity index (χ0v) is 18.6. The molecule has 0 saturated carbocycles. The third-order valence-electron chi connectivity index (χ3n) is 5.49. The number of thiazole rings is 1. The van der Waals surface area contributed by atoms with Crippen molar-refractivity contribution in [1.29, 1.82) is 0 Å². The normalized spacial score (nSPS) is 13.1. The van der Waals surface area contributed by atoms with Gasteiger partial charge in [0, 0.05) is 5.56 Å². The summed E-state index contributed by atoms with van der Waals surface area (Å²) in [6, 6.07) is 11.6. The molecule has 0 unspecified atom stereocenters. The van der Waals surface area contributed by atoms with Crippen molar-refractivity contribution in [2.24, 2.45) is 0 Å². The molecule has 0 saturated heterocycles. The Morgan fingerprint density at radius 2 is 1.87 bits per heavy atom. The summed E-state index contributed by atoms with van der Waals surface area (Å²) >= 11 is 1.57. The molecule has 1 aliphatic heterocycles. The van der Waals surface area contributed by atoms with E-state index in [0.717, 1.165) is 35.0 Å². The summed E-state index contributed by atoms with van der Waals surface area (Å²) in [7, 11) is 0. The van der Waals surface area contributed by atoms with Crippen LogP contribution in [0.1, 0.15) is 29.8 Å². The number of rotatable bonds is 7. The molecule has 4 rings (SSSR count). The van der Waals surface area contributed by atoms with Crippen LogP contribution in [0.3, 0.4) is 0 Å². The average Bonchev–Trinajstić information content (AvgIpc) is 3.18. The molecule has 7 heteroatoms. The van der Waals surface area contributed by atoms with Crippen molar-refractivity contribution in [2.75, 3.05) is 44.3 Å². The number of anilines is 1. The lowest BCUT2D eigenvalue weighted by Crippen LogP contribution is -3.12. The number of amides is 1. The fourth-order valence-electron chi connectivity index (χ4n) is 3.62. The van der Waals surface area contributed by atoms with Gasteiger partial charge < -0.3 is 14.4 Å². The van der Waals surface area contributed by atoms with Gasteiger partial charge in [-0.3, -0.25) is 9.69 Å². The van der Waals surface area contributed by atoms with Crippen LogP contribution < -0.4 is 19.3 Å². The van der Waals surface area contributed by atoms with Crippen LogP contribution in [0.4, 0.5) is 5.13 Å². The molecule has 0 fully saturated rings. The van der Waals surface area contributed by atoms with Crippen LogP contribution in [0, 0.1) is 6.92 Å². The Labute approximate surface area is 181 Å². The first-order valence-electron chi connectivity index (χ1n) is 10.5. The molecule has 3 aromatic rings. The minimum absolute atomic E-state index is 0.0608. The number of quaternary nitrogens is 1. The average molecular weight is 427 g/mol. The summed E-state index contributed by atoms with van der Waals surface area (Å²) in [6.07, 6.45) is 0. The van der Waals surface area contributed by atoms with Crippen LogP contribution in [-0.2, 0) is 0 Å². The highest BCUT2D eigenvalue weighted by Crippen LogP contribution is 2.33. The van der Waals surface area contributed by atoms with E-state index >= 15 is 0 Å². The lowest BCUT2D eigenvalue weighted by Gasteiger charge is -2.24. The van der Waals surface area contributed by atoms with E-state index in [1.54, 1.807) is 17.4 Å². The van der Waals surface area contributed by atoms with Crippen LogP contribution in [0.25, 0.3) is 10.2 Å². The number of hydrogen-bond donors (Lipinski definition) is 1. The first kappa shape index (κ1) is 20.6. The quantitative estimate of drug-likeness (QED) is 0.631. The fourth-order valence-corrected chi connectivity index (χ4v) is 4.71. The first-order chi connectivity index (χ1) is 14.6. The lowest BCUT2D eigenvalue weighted by atomic mass is 10.1. The van der Waals surface area contributed by atoms with Gasteiger partial charge in [0.2, 0.25) is 0 Å². The lowest BCUT2D eigenvalue weighted by molar-refractivity contribution is -0.894. The van der Waals surface area contributed by atoms with Crippen molar-refractivity contribution >= 4 is 32.6 Å². The van der Waals surface area contributed by atoms with Crippen molar-refractivity contribution in [3.63, 3.8) is 0 Å². The maximum absolute atomic E-state index is 13.6. The van der Waals surface area contributed by atoms with Gasteiger partial charge in [0.25, 0.3) is 5.91 Å². The molecule has 0 aliphatic carbocycles. The van der Waals surface area contributed by atoms with E-state index in [1.165, 1.54) is 10.5 Å². The van der Waals surface area contributed by atoms with Gasteiger partial charge in [0.1, 0.15) is 13.2 Å². The highest BCUT2D eigenvalue weighted by Gasteiger charge is 2.24. The monoisotopic (exact) mass is 426 g/mol. The molecule has 1 N–H and O–H groups in total. The van der Waals surface area contributed by atoms with Crippen LogP contribution in [0.5, 0.6) is 11.5 Å². The van der Waals surface area contributed by atoms with Gasteiger partial charge in [-0.1, -0.05) is 17.4 Å². The Hall–Kier alpha value is -2.64. The third kappa shape index (κ3) is 4.27. The number of carbonyl (C=O) groups excluding carboxylic acids is 1. The SMILES string of the molecule is CC[NH+](CC)CCN(C(=O)c1ccc2c(c1)OCCO2)c1nc2ccc(C)cc2s1. The van der Waals surface area contributed by atoms with Gasteiger partial charge in [-0.05, 0) is 56.7 Å². The van der Waals surface area contributed by atoms with Gasteiger partial charge in [0.15, 0.2) is 16.6 Å². The molecule has 158 valence electrons. The van der Waals surface area contributed by atoms with E-state index in [9.17, 15) is 4.79 Å². The van der Waals surface area contributed by atoms with Crippen molar-refractivity contribution in [2.45, 2.75) is 20.8 Å². The second-order valence-corrected chi connectivity index (χ2v) is 8.50. The summed E-state index contributed by atoms with van der Waals surface area (Å²) in [6.45, 7) is 11.0. The number of ether oxygens (including phenoxy) is 2. The summed E-state index contributed by atoms with van der Waals surface area (Å²) in [5, 5.41) is 0.738. The number of hydrogen-bond acceptors (Lipinski definition) is 5. The predicted molar refractivity (Wildman–Crippen MR) is 120 cm³/mol.